The molecule has 2 N–H and O–H groups in total. The van der Waals surface area contributed by atoms with Gasteiger partial charge in [-0.1, -0.05) is 0 Å². The molecule has 0 fully saturated rings. The molecule has 0 saturated carbocycles. The third-order valence-electron chi connectivity index (χ3n) is 3.23. The van der Waals surface area contributed by atoms with Crippen LogP contribution in [0.1, 0.15) is 6.42 Å². The summed E-state index contributed by atoms with van der Waals surface area (Å²) in [5.74, 6) is 0.396. The predicted molar refractivity (Wildman–Crippen MR) is 72.4 cm³/mol. The van der Waals surface area contributed by atoms with Gasteiger partial charge in [0.15, 0.2) is 0 Å². The molecule has 1 aliphatic heterocycles. The topological polar surface area (TPSA) is 75.9 Å². The molecule has 6 heteroatoms. The molecule has 0 saturated heterocycles. The second-order valence-corrected chi connectivity index (χ2v) is 4.31. The van der Waals surface area contributed by atoms with E-state index in [0.29, 0.717) is 23.7 Å². The van der Waals surface area contributed by atoms with Crippen molar-refractivity contribution in [1.29, 1.82) is 0 Å². The lowest BCUT2D eigenvalue weighted by atomic mass is 10.2. The van der Waals surface area contributed by atoms with Gasteiger partial charge in [0.25, 0.3) is 0 Å². The zero-order valence-electron chi connectivity index (χ0n) is 11.0. The fourth-order valence-electron chi connectivity index (χ4n) is 2.13. The van der Waals surface area contributed by atoms with E-state index < -0.39 is 0 Å². The van der Waals surface area contributed by atoms with Crippen molar-refractivity contribution >= 4 is 23.2 Å². The first-order valence-electron chi connectivity index (χ1n) is 6.03. The Morgan fingerprint density at radius 1 is 1.42 bits per heavy atom. The van der Waals surface area contributed by atoms with Crippen LogP contribution in [0.15, 0.2) is 18.2 Å². The summed E-state index contributed by atoms with van der Waals surface area (Å²) in [6.07, 6.45) is 0.277. The third-order valence-corrected chi connectivity index (χ3v) is 3.23. The minimum Gasteiger partial charge on any atom is -0.497 e. The van der Waals surface area contributed by atoms with Gasteiger partial charge >= 0.3 is 0 Å². The standard InChI is InChI=1S/C13H17N3O3/c1-15-10-4-3-9(19-2)7-11(10)16(13(18)8-14)6-5-12(15)17/h3-4,7H,5-6,8,14H2,1-2H3. The molecule has 0 radical (unpaired) electrons. The number of benzene rings is 1. The Morgan fingerprint density at radius 2 is 2.16 bits per heavy atom. The molecule has 1 aromatic rings. The highest BCUT2D eigenvalue weighted by molar-refractivity contribution is 6.05. The van der Waals surface area contributed by atoms with Crippen molar-refractivity contribution in [2.45, 2.75) is 6.42 Å². The maximum absolute atomic E-state index is 11.9. The highest BCUT2D eigenvalue weighted by atomic mass is 16.5. The van der Waals surface area contributed by atoms with Gasteiger partial charge in [-0.25, -0.2) is 0 Å². The lowest BCUT2D eigenvalue weighted by Gasteiger charge is -2.23. The van der Waals surface area contributed by atoms with Gasteiger partial charge in [0.2, 0.25) is 11.8 Å². The molecule has 2 rings (SSSR count). The number of fused-ring (bicyclic) bond motifs is 1. The number of methoxy groups -OCH3 is 1. The molecule has 0 bridgehead atoms. The summed E-state index contributed by atoms with van der Waals surface area (Å²) in [6.45, 7) is 0.244. The first-order valence-corrected chi connectivity index (χ1v) is 6.03. The molecule has 6 nitrogen and oxygen atoms in total. The molecule has 0 aromatic heterocycles. The zero-order chi connectivity index (χ0) is 14.0. The summed E-state index contributed by atoms with van der Waals surface area (Å²) in [7, 11) is 3.26. The molecular weight excluding hydrogens is 246 g/mol. The normalized spacial score (nSPS) is 15.0. The fraction of sp³-hybridized carbons (Fsp3) is 0.385. The Bertz CT molecular complexity index is 516. The molecule has 0 aliphatic carbocycles. The van der Waals surface area contributed by atoms with E-state index in [9.17, 15) is 9.59 Å². The molecule has 19 heavy (non-hydrogen) atoms. The number of hydrogen-bond acceptors (Lipinski definition) is 4. The van der Waals surface area contributed by atoms with Crippen LogP contribution in [0.2, 0.25) is 0 Å². The van der Waals surface area contributed by atoms with Gasteiger partial charge in [-0.15, -0.1) is 0 Å². The van der Waals surface area contributed by atoms with Crippen LogP contribution in [-0.4, -0.2) is 39.1 Å². The van der Waals surface area contributed by atoms with Gasteiger partial charge in [0.05, 0.1) is 25.0 Å². The summed E-state index contributed by atoms with van der Waals surface area (Å²) in [4.78, 5) is 26.9. The second-order valence-electron chi connectivity index (χ2n) is 4.31. The monoisotopic (exact) mass is 263 g/mol. The number of carbonyl (C=O) groups is 2. The molecule has 0 atom stereocenters. The van der Waals surface area contributed by atoms with E-state index in [1.807, 2.05) is 0 Å². The summed E-state index contributed by atoms with van der Waals surface area (Å²) < 4.78 is 5.17. The average Bonchev–Trinajstić information content (AvgIpc) is 2.56. The first kappa shape index (κ1) is 13.4. The van der Waals surface area contributed by atoms with Gasteiger partial charge in [-0.3, -0.25) is 9.59 Å². The predicted octanol–water partition coefficient (Wildman–Crippen LogP) is 0.353. The number of rotatable bonds is 2. The Balaban J connectivity index is 2.54. The lowest BCUT2D eigenvalue weighted by Crippen LogP contribution is -2.36. The van der Waals surface area contributed by atoms with Gasteiger partial charge < -0.3 is 20.3 Å². The Kier molecular flexibility index (Phi) is 3.71. The van der Waals surface area contributed by atoms with E-state index in [1.54, 1.807) is 42.2 Å². The van der Waals surface area contributed by atoms with E-state index >= 15 is 0 Å². The molecule has 0 spiro atoms. The highest BCUT2D eigenvalue weighted by Gasteiger charge is 2.27. The molecule has 1 aliphatic rings. The number of hydrogen-bond donors (Lipinski definition) is 1. The van der Waals surface area contributed by atoms with Crippen LogP contribution in [0.25, 0.3) is 0 Å². The first-order chi connectivity index (χ1) is 9.08. The summed E-state index contributed by atoms with van der Waals surface area (Å²) in [5.41, 5.74) is 6.77. The van der Waals surface area contributed by atoms with E-state index in [2.05, 4.69) is 0 Å². The molecule has 102 valence electrons. The number of nitrogens with two attached hydrogens (primary N) is 1. The van der Waals surface area contributed by atoms with E-state index in [1.165, 1.54) is 0 Å². The van der Waals surface area contributed by atoms with Crippen molar-refractivity contribution < 1.29 is 14.3 Å². The Morgan fingerprint density at radius 3 is 2.79 bits per heavy atom. The van der Waals surface area contributed by atoms with Crippen LogP contribution < -0.4 is 20.3 Å². The molecular formula is C13H17N3O3. The molecule has 1 heterocycles. The minimum absolute atomic E-state index is 0.0289. The number of amides is 2. The van der Waals surface area contributed by atoms with Gasteiger partial charge in [-0.05, 0) is 12.1 Å². The van der Waals surface area contributed by atoms with Gasteiger partial charge in [0.1, 0.15) is 5.75 Å². The van der Waals surface area contributed by atoms with Crippen molar-refractivity contribution in [2.24, 2.45) is 5.73 Å². The van der Waals surface area contributed by atoms with Crippen LogP contribution >= 0.6 is 0 Å². The average molecular weight is 263 g/mol. The van der Waals surface area contributed by atoms with Crippen LogP contribution in [0.3, 0.4) is 0 Å². The largest absolute Gasteiger partial charge is 0.497 e. The van der Waals surface area contributed by atoms with Crippen LogP contribution in [-0.2, 0) is 9.59 Å². The van der Waals surface area contributed by atoms with E-state index in [4.69, 9.17) is 10.5 Å². The third kappa shape index (κ3) is 2.39. The Labute approximate surface area is 111 Å². The number of anilines is 2. The van der Waals surface area contributed by atoms with Gasteiger partial charge in [-0.2, -0.15) is 0 Å². The fourth-order valence-corrected chi connectivity index (χ4v) is 2.13. The molecule has 1 aromatic carbocycles. The van der Waals surface area contributed by atoms with Crippen LogP contribution in [0.4, 0.5) is 11.4 Å². The summed E-state index contributed by atoms with van der Waals surface area (Å²) in [6, 6.07) is 5.28. The lowest BCUT2D eigenvalue weighted by molar-refractivity contribution is -0.118. The van der Waals surface area contributed by atoms with Gasteiger partial charge in [0, 0.05) is 26.1 Å². The van der Waals surface area contributed by atoms with Crippen molar-refractivity contribution in [3.63, 3.8) is 0 Å². The highest BCUT2D eigenvalue weighted by Crippen LogP contribution is 2.35. The van der Waals surface area contributed by atoms with Crippen molar-refractivity contribution in [3.05, 3.63) is 18.2 Å². The molecule has 0 unspecified atom stereocenters. The van der Waals surface area contributed by atoms with Crippen molar-refractivity contribution in [1.82, 2.24) is 0 Å². The minimum atomic E-state index is -0.211. The Hall–Kier alpha value is -2.08. The van der Waals surface area contributed by atoms with E-state index in [-0.39, 0.29) is 24.8 Å². The smallest absolute Gasteiger partial charge is 0.240 e. The summed E-state index contributed by atoms with van der Waals surface area (Å²) >= 11 is 0. The SMILES string of the molecule is COc1ccc2c(c1)N(C(=O)CN)CCC(=O)N2C. The number of ether oxygens (including phenoxy) is 1. The quantitative estimate of drug-likeness (QED) is 0.835. The summed E-state index contributed by atoms with van der Waals surface area (Å²) in [5, 5.41) is 0. The maximum atomic E-state index is 11.9. The number of carbonyl (C=O) groups excluding carboxylic acids is 2. The zero-order valence-corrected chi connectivity index (χ0v) is 11.0. The number of nitrogens with zero attached hydrogens (tertiary/aromatic N) is 2. The molecule has 2 amide bonds. The van der Waals surface area contributed by atoms with Crippen molar-refractivity contribution in [2.75, 3.05) is 37.0 Å². The van der Waals surface area contributed by atoms with Crippen LogP contribution in [0, 0.1) is 0 Å². The van der Waals surface area contributed by atoms with Crippen LogP contribution in [0.5, 0.6) is 5.75 Å². The second kappa shape index (κ2) is 5.27. The van der Waals surface area contributed by atoms with E-state index in [0.717, 1.165) is 0 Å². The van der Waals surface area contributed by atoms with Crippen molar-refractivity contribution in [3.8, 4) is 5.75 Å². The maximum Gasteiger partial charge on any atom is 0.240 e.